The van der Waals surface area contributed by atoms with Crippen LogP contribution in [-0.4, -0.2) is 34.6 Å². The van der Waals surface area contributed by atoms with Gasteiger partial charge in [-0.15, -0.1) is 0 Å². The van der Waals surface area contributed by atoms with Gasteiger partial charge in [0, 0.05) is 25.1 Å². The van der Waals surface area contributed by atoms with Crippen molar-refractivity contribution in [3.8, 4) is 0 Å². The van der Waals surface area contributed by atoms with Crippen LogP contribution in [-0.2, 0) is 4.79 Å². The third-order valence-corrected chi connectivity index (χ3v) is 3.38. The van der Waals surface area contributed by atoms with Crippen LogP contribution in [0.3, 0.4) is 0 Å². The van der Waals surface area contributed by atoms with Crippen molar-refractivity contribution < 1.29 is 18.7 Å². The molecule has 1 rings (SSSR count). The normalized spacial score (nSPS) is 14.1. The second-order valence-corrected chi connectivity index (χ2v) is 5.76. The van der Waals surface area contributed by atoms with Crippen molar-refractivity contribution in [2.75, 3.05) is 6.54 Å². The second-order valence-electron chi connectivity index (χ2n) is 5.76. The van der Waals surface area contributed by atoms with E-state index in [2.05, 4.69) is 0 Å². The van der Waals surface area contributed by atoms with Crippen LogP contribution < -0.4 is 0 Å². The number of carbonyl (C=O) groups excluding carboxylic acids is 1. The fraction of sp³-hybridized carbons (Fsp3) is 0.562. The molecule has 1 aromatic rings. The summed E-state index contributed by atoms with van der Waals surface area (Å²) in [5, 5.41) is 9.45. The third kappa shape index (κ3) is 5.08. The lowest BCUT2D eigenvalue weighted by Crippen LogP contribution is -2.41. The lowest BCUT2D eigenvalue weighted by atomic mass is 9.96. The van der Waals surface area contributed by atoms with Crippen LogP contribution in [0.1, 0.15) is 45.6 Å². The molecule has 1 N–H and O–H groups in total. The van der Waals surface area contributed by atoms with Crippen molar-refractivity contribution in [1.82, 2.24) is 4.90 Å². The van der Waals surface area contributed by atoms with E-state index in [1.54, 1.807) is 18.7 Å². The van der Waals surface area contributed by atoms with Gasteiger partial charge in [0.1, 0.15) is 11.6 Å². The highest BCUT2D eigenvalue weighted by Gasteiger charge is 2.22. The average Bonchev–Trinajstić information content (AvgIpc) is 2.34. The first kappa shape index (κ1) is 17.6. The van der Waals surface area contributed by atoms with Gasteiger partial charge in [-0.25, -0.2) is 8.78 Å². The van der Waals surface area contributed by atoms with Crippen molar-refractivity contribution in [2.24, 2.45) is 0 Å². The van der Waals surface area contributed by atoms with Gasteiger partial charge in [-0.3, -0.25) is 4.79 Å². The smallest absolute Gasteiger partial charge is 0.223 e. The number of aliphatic hydroxyl groups excluding tert-OH is 1. The van der Waals surface area contributed by atoms with Gasteiger partial charge in [-0.1, -0.05) is 13.0 Å². The van der Waals surface area contributed by atoms with Crippen LogP contribution >= 0.6 is 0 Å². The fourth-order valence-corrected chi connectivity index (χ4v) is 2.28. The summed E-state index contributed by atoms with van der Waals surface area (Å²) in [6.45, 7) is 7.32. The molecule has 21 heavy (non-hydrogen) atoms. The maximum absolute atomic E-state index is 13.7. The first-order chi connectivity index (χ1) is 9.72. The number of hydrogen-bond donors (Lipinski definition) is 1. The molecule has 118 valence electrons. The fourth-order valence-electron chi connectivity index (χ4n) is 2.28. The lowest BCUT2D eigenvalue weighted by Gasteiger charge is -2.29. The number of benzene rings is 1. The molecule has 2 unspecified atom stereocenters. The van der Waals surface area contributed by atoms with E-state index in [1.807, 2.05) is 13.8 Å². The van der Waals surface area contributed by atoms with Crippen molar-refractivity contribution >= 4 is 5.91 Å². The van der Waals surface area contributed by atoms with E-state index >= 15 is 0 Å². The number of halogens is 2. The molecule has 0 aliphatic carbocycles. The van der Waals surface area contributed by atoms with Gasteiger partial charge in [-0.05, 0) is 38.3 Å². The maximum Gasteiger partial charge on any atom is 0.223 e. The van der Waals surface area contributed by atoms with Gasteiger partial charge in [0.25, 0.3) is 0 Å². The van der Waals surface area contributed by atoms with Crippen LogP contribution in [0.5, 0.6) is 0 Å². The van der Waals surface area contributed by atoms with E-state index < -0.39 is 17.7 Å². The predicted octanol–water partition coefficient (Wildman–Crippen LogP) is 3.08. The molecule has 0 heterocycles. The van der Waals surface area contributed by atoms with Gasteiger partial charge in [0.15, 0.2) is 0 Å². The molecular formula is C16H23F2NO2. The maximum atomic E-state index is 13.7. The lowest BCUT2D eigenvalue weighted by molar-refractivity contribution is -0.134. The van der Waals surface area contributed by atoms with Crippen LogP contribution in [0.4, 0.5) is 8.78 Å². The topological polar surface area (TPSA) is 40.5 Å². The summed E-state index contributed by atoms with van der Waals surface area (Å²) in [5.74, 6) is -1.77. The standard InChI is InChI=1S/C16H23F2NO2/c1-10(2)19(9-12(4)20)16(21)7-11(3)14-6-5-13(17)8-15(14)18/h5-6,8,10-12,20H,7,9H2,1-4H3. The van der Waals surface area contributed by atoms with E-state index in [-0.39, 0.29) is 30.8 Å². The zero-order valence-electron chi connectivity index (χ0n) is 12.9. The van der Waals surface area contributed by atoms with Gasteiger partial charge in [0.2, 0.25) is 5.91 Å². The second kappa shape index (κ2) is 7.50. The first-order valence-electron chi connectivity index (χ1n) is 7.14. The Morgan fingerprint density at radius 2 is 1.86 bits per heavy atom. The molecule has 1 aromatic carbocycles. The van der Waals surface area contributed by atoms with Gasteiger partial charge >= 0.3 is 0 Å². The van der Waals surface area contributed by atoms with Crippen LogP contribution in [0, 0.1) is 11.6 Å². The molecule has 0 saturated heterocycles. The molecule has 0 aliphatic rings. The van der Waals surface area contributed by atoms with Gasteiger partial charge in [0.05, 0.1) is 6.10 Å². The first-order valence-corrected chi connectivity index (χ1v) is 7.14. The average molecular weight is 299 g/mol. The van der Waals surface area contributed by atoms with Crippen LogP contribution in [0.15, 0.2) is 18.2 Å². The molecule has 2 atom stereocenters. The minimum atomic E-state index is -0.637. The quantitative estimate of drug-likeness (QED) is 0.877. The molecule has 3 nitrogen and oxygen atoms in total. The molecule has 5 heteroatoms. The zero-order valence-corrected chi connectivity index (χ0v) is 12.9. The molecule has 0 fully saturated rings. The van der Waals surface area contributed by atoms with E-state index in [0.29, 0.717) is 5.56 Å². The number of aliphatic hydroxyl groups is 1. The Hall–Kier alpha value is -1.49. The number of amides is 1. The third-order valence-electron chi connectivity index (χ3n) is 3.38. The summed E-state index contributed by atoms with van der Waals surface area (Å²) >= 11 is 0. The Balaban J connectivity index is 2.80. The predicted molar refractivity (Wildman–Crippen MR) is 77.9 cm³/mol. The summed E-state index contributed by atoms with van der Waals surface area (Å²) in [4.78, 5) is 13.9. The molecule has 0 saturated carbocycles. The highest BCUT2D eigenvalue weighted by atomic mass is 19.1. The molecule has 0 radical (unpaired) electrons. The molecule has 1 amide bonds. The summed E-state index contributed by atoms with van der Waals surface area (Å²) < 4.78 is 26.6. The van der Waals surface area contributed by atoms with Crippen molar-refractivity contribution in [1.29, 1.82) is 0 Å². The highest BCUT2D eigenvalue weighted by molar-refractivity contribution is 5.77. The number of carbonyl (C=O) groups is 1. The Labute approximate surface area is 124 Å². The largest absolute Gasteiger partial charge is 0.392 e. The Kier molecular flexibility index (Phi) is 6.27. The Morgan fingerprint density at radius 1 is 1.24 bits per heavy atom. The molecular weight excluding hydrogens is 276 g/mol. The zero-order chi connectivity index (χ0) is 16.2. The van der Waals surface area contributed by atoms with Crippen LogP contribution in [0.2, 0.25) is 0 Å². The minimum Gasteiger partial charge on any atom is -0.392 e. The minimum absolute atomic E-state index is 0.0441. The number of hydrogen-bond acceptors (Lipinski definition) is 2. The van der Waals surface area contributed by atoms with Crippen LogP contribution in [0.25, 0.3) is 0 Å². The SMILES string of the molecule is CC(O)CN(C(=O)CC(C)c1ccc(F)cc1F)C(C)C. The van der Waals surface area contributed by atoms with E-state index in [1.165, 1.54) is 12.1 Å². The van der Waals surface area contributed by atoms with Gasteiger partial charge < -0.3 is 10.0 Å². The summed E-state index contributed by atoms with van der Waals surface area (Å²) in [6, 6.07) is 3.34. The number of rotatable bonds is 6. The summed E-state index contributed by atoms with van der Waals surface area (Å²) in [7, 11) is 0. The van der Waals surface area contributed by atoms with Gasteiger partial charge in [-0.2, -0.15) is 0 Å². The molecule has 0 aromatic heterocycles. The van der Waals surface area contributed by atoms with E-state index in [9.17, 15) is 18.7 Å². The van der Waals surface area contributed by atoms with Crippen molar-refractivity contribution in [3.63, 3.8) is 0 Å². The molecule has 0 aliphatic heterocycles. The van der Waals surface area contributed by atoms with Crippen molar-refractivity contribution in [3.05, 3.63) is 35.4 Å². The molecule has 0 bridgehead atoms. The van der Waals surface area contributed by atoms with E-state index in [0.717, 1.165) is 6.07 Å². The Morgan fingerprint density at radius 3 is 2.33 bits per heavy atom. The highest BCUT2D eigenvalue weighted by Crippen LogP contribution is 2.24. The van der Waals surface area contributed by atoms with Crippen molar-refractivity contribution in [2.45, 2.75) is 52.2 Å². The summed E-state index contributed by atoms with van der Waals surface area (Å²) in [5.41, 5.74) is 0.325. The number of nitrogens with zero attached hydrogens (tertiary/aromatic N) is 1. The monoisotopic (exact) mass is 299 g/mol. The summed E-state index contributed by atoms with van der Waals surface area (Å²) in [6.07, 6.45) is -0.498. The van der Waals surface area contributed by atoms with E-state index in [4.69, 9.17) is 0 Å². The Bertz CT molecular complexity index is 489. The molecule has 0 spiro atoms.